The molecule has 0 radical (unpaired) electrons. The molecule has 0 N–H and O–H groups in total. The second-order valence-electron chi connectivity index (χ2n) is 5.94. The second-order valence-corrected chi connectivity index (χ2v) is 5.94. The molecule has 1 atom stereocenters. The van der Waals surface area contributed by atoms with Crippen molar-refractivity contribution in [3.05, 3.63) is 29.8 Å². The summed E-state index contributed by atoms with van der Waals surface area (Å²) < 4.78 is 5.11. The number of piperazine rings is 1. The summed E-state index contributed by atoms with van der Waals surface area (Å²) in [5.41, 5.74) is 2.60. The van der Waals surface area contributed by atoms with Gasteiger partial charge in [-0.15, -0.1) is 0 Å². The lowest BCUT2D eigenvalue weighted by molar-refractivity contribution is -0.141. The van der Waals surface area contributed by atoms with Crippen LogP contribution in [-0.2, 0) is 9.53 Å². The van der Waals surface area contributed by atoms with E-state index >= 15 is 0 Å². The Morgan fingerprint density at radius 3 is 2.10 bits per heavy atom. The fourth-order valence-corrected chi connectivity index (χ4v) is 2.61. The minimum absolute atomic E-state index is 0.0901. The van der Waals surface area contributed by atoms with Gasteiger partial charge < -0.3 is 14.5 Å². The van der Waals surface area contributed by atoms with E-state index in [1.807, 2.05) is 4.90 Å². The number of benzene rings is 1. The van der Waals surface area contributed by atoms with Gasteiger partial charge in [0, 0.05) is 39.0 Å². The van der Waals surface area contributed by atoms with Crippen LogP contribution >= 0.6 is 0 Å². The molecule has 4 heteroatoms. The van der Waals surface area contributed by atoms with Crippen molar-refractivity contribution in [1.29, 1.82) is 0 Å². The van der Waals surface area contributed by atoms with Crippen LogP contribution < -0.4 is 4.90 Å². The number of hydrogen-bond donors (Lipinski definition) is 0. The summed E-state index contributed by atoms with van der Waals surface area (Å²) in [6.07, 6.45) is -0.345. The Hall–Kier alpha value is -1.55. The summed E-state index contributed by atoms with van der Waals surface area (Å²) in [6, 6.07) is 8.77. The lowest BCUT2D eigenvalue weighted by Crippen LogP contribution is -2.51. The predicted molar refractivity (Wildman–Crippen MR) is 85.8 cm³/mol. The maximum atomic E-state index is 12.1. The molecular formula is C17H26N2O2. The number of amides is 1. The third kappa shape index (κ3) is 3.76. The maximum Gasteiger partial charge on any atom is 0.251 e. The SMILES string of the molecule is CO[C@@H](C)C(=O)N1CCN(c2ccc(C(C)C)cc2)CC1. The van der Waals surface area contributed by atoms with Crippen LogP contribution in [0.2, 0.25) is 0 Å². The molecule has 116 valence electrons. The molecule has 1 aromatic carbocycles. The molecule has 0 saturated carbocycles. The van der Waals surface area contributed by atoms with Crippen LogP contribution in [0.3, 0.4) is 0 Å². The van der Waals surface area contributed by atoms with Crippen molar-refractivity contribution in [2.45, 2.75) is 32.8 Å². The molecule has 1 aromatic rings. The standard InChI is InChI=1S/C17H26N2O2/c1-13(2)15-5-7-16(8-6-15)18-9-11-19(12-10-18)17(20)14(3)21-4/h5-8,13-14H,9-12H2,1-4H3/t14-/m0/s1. The molecule has 0 bridgehead atoms. The van der Waals surface area contributed by atoms with Crippen LogP contribution in [0.25, 0.3) is 0 Å². The lowest BCUT2D eigenvalue weighted by atomic mass is 10.0. The maximum absolute atomic E-state index is 12.1. The first-order valence-corrected chi connectivity index (χ1v) is 7.69. The van der Waals surface area contributed by atoms with Gasteiger partial charge in [0.25, 0.3) is 5.91 Å². The van der Waals surface area contributed by atoms with Gasteiger partial charge in [0.2, 0.25) is 0 Å². The van der Waals surface area contributed by atoms with Crippen molar-refractivity contribution >= 4 is 11.6 Å². The van der Waals surface area contributed by atoms with Crippen molar-refractivity contribution in [3.8, 4) is 0 Å². The zero-order valence-electron chi connectivity index (χ0n) is 13.5. The normalized spacial score (nSPS) is 17.2. The highest BCUT2D eigenvalue weighted by atomic mass is 16.5. The summed E-state index contributed by atoms with van der Waals surface area (Å²) in [7, 11) is 1.58. The van der Waals surface area contributed by atoms with E-state index in [2.05, 4.69) is 43.0 Å². The van der Waals surface area contributed by atoms with Crippen LogP contribution in [0.15, 0.2) is 24.3 Å². The largest absolute Gasteiger partial charge is 0.372 e. The van der Waals surface area contributed by atoms with E-state index in [-0.39, 0.29) is 12.0 Å². The molecule has 1 aliphatic heterocycles. The number of anilines is 1. The third-order valence-electron chi connectivity index (χ3n) is 4.22. The molecule has 2 rings (SSSR count). The highest BCUT2D eigenvalue weighted by Crippen LogP contribution is 2.21. The Bertz CT molecular complexity index is 462. The van der Waals surface area contributed by atoms with E-state index in [4.69, 9.17) is 4.74 Å². The molecule has 21 heavy (non-hydrogen) atoms. The Morgan fingerprint density at radius 2 is 1.62 bits per heavy atom. The number of ether oxygens (including phenoxy) is 1. The zero-order valence-corrected chi connectivity index (χ0v) is 13.5. The summed E-state index contributed by atoms with van der Waals surface area (Å²) in [5.74, 6) is 0.649. The molecule has 4 nitrogen and oxygen atoms in total. The Balaban J connectivity index is 1.93. The van der Waals surface area contributed by atoms with E-state index in [0.717, 1.165) is 26.2 Å². The predicted octanol–water partition coefficient (Wildman–Crippen LogP) is 2.49. The van der Waals surface area contributed by atoms with Gasteiger partial charge in [0.1, 0.15) is 6.10 Å². The smallest absolute Gasteiger partial charge is 0.251 e. The molecule has 0 spiro atoms. The number of carbonyl (C=O) groups excluding carboxylic acids is 1. The van der Waals surface area contributed by atoms with Crippen molar-refractivity contribution in [2.75, 3.05) is 38.2 Å². The van der Waals surface area contributed by atoms with Crippen molar-refractivity contribution < 1.29 is 9.53 Å². The monoisotopic (exact) mass is 290 g/mol. The van der Waals surface area contributed by atoms with Crippen molar-refractivity contribution in [1.82, 2.24) is 4.90 Å². The topological polar surface area (TPSA) is 32.8 Å². The van der Waals surface area contributed by atoms with E-state index in [1.165, 1.54) is 11.3 Å². The molecule has 1 aliphatic rings. The summed E-state index contributed by atoms with van der Waals surface area (Å²) in [6.45, 7) is 9.50. The molecule has 1 fully saturated rings. The molecule has 0 unspecified atom stereocenters. The molecule has 1 saturated heterocycles. The van der Waals surface area contributed by atoms with Gasteiger partial charge in [0.15, 0.2) is 0 Å². The van der Waals surface area contributed by atoms with Gasteiger partial charge in [-0.2, -0.15) is 0 Å². The Morgan fingerprint density at radius 1 is 1.05 bits per heavy atom. The van der Waals surface area contributed by atoms with Gasteiger partial charge in [-0.05, 0) is 30.5 Å². The van der Waals surface area contributed by atoms with E-state index < -0.39 is 0 Å². The number of methoxy groups -OCH3 is 1. The van der Waals surface area contributed by atoms with Gasteiger partial charge in [-0.25, -0.2) is 0 Å². The minimum Gasteiger partial charge on any atom is -0.372 e. The van der Waals surface area contributed by atoms with E-state index in [9.17, 15) is 4.79 Å². The van der Waals surface area contributed by atoms with Gasteiger partial charge >= 0.3 is 0 Å². The number of rotatable bonds is 4. The highest BCUT2D eigenvalue weighted by molar-refractivity contribution is 5.80. The van der Waals surface area contributed by atoms with Crippen LogP contribution in [0, 0.1) is 0 Å². The first kappa shape index (κ1) is 15.8. The van der Waals surface area contributed by atoms with Crippen LogP contribution in [0.4, 0.5) is 5.69 Å². The van der Waals surface area contributed by atoms with Gasteiger partial charge in [-0.1, -0.05) is 26.0 Å². The second kappa shape index (κ2) is 6.94. The molecule has 1 heterocycles. The van der Waals surface area contributed by atoms with Gasteiger partial charge in [-0.3, -0.25) is 4.79 Å². The van der Waals surface area contributed by atoms with E-state index in [0.29, 0.717) is 5.92 Å². The lowest BCUT2D eigenvalue weighted by Gasteiger charge is -2.37. The molecule has 0 aliphatic carbocycles. The van der Waals surface area contributed by atoms with E-state index in [1.54, 1.807) is 14.0 Å². The fraction of sp³-hybridized carbons (Fsp3) is 0.588. The van der Waals surface area contributed by atoms with Crippen LogP contribution in [0.1, 0.15) is 32.3 Å². The Labute approximate surface area is 127 Å². The number of hydrogen-bond acceptors (Lipinski definition) is 3. The first-order chi connectivity index (χ1) is 10.0. The van der Waals surface area contributed by atoms with Gasteiger partial charge in [0.05, 0.1) is 0 Å². The summed E-state index contributed by atoms with van der Waals surface area (Å²) in [5, 5.41) is 0. The first-order valence-electron chi connectivity index (χ1n) is 7.69. The summed E-state index contributed by atoms with van der Waals surface area (Å²) >= 11 is 0. The number of nitrogens with zero attached hydrogens (tertiary/aromatic N) is 2. The minimum atomic E-state index is -0.345. The molecule has 1 amide bonds. The van der Waals surface area contributed by atoms with Crippen molar-refractivity contribution in [3.63, 3.8) is 0 Å². The van der Waals surface area contributed by atoms with Crippen LogP contribution in [-0.4, -0.2) is 50.2 Å². The quantitative estimate of drug-likeness (QED) is 0.854. The molecule has 0 aromatic heterocycles. The number of carbonyl (C=O) groups is 1. The summed E-state index contributed by atoms with van der Waals surface area (Å²) in [4.78, 5) is 16.3. The average Bonchev–Trinajstić information content (AvgIpc) is 2.53. The zero-order chi connectivity index (χ0) is 15.4. The fourth-order valence-electron chi connectivity index (χ4n) is 2.61. The average molecular weight is 290 g/mol. The van der Waals surface area contributed by atoms with Crippen molar-refractivity contribution in [2.24, 2.45) is 0 Å². The Kier molecular flexibility index (Phi) is 5.23. The highest BCUT2D eigenvalue weighted by Gasteiger charge is 2.24. The third-order valence-corrected chi connectivity index (χ3v) is 4.22. The molecular weight excluding hydrogens is 264 g/mol. The van der Waals surface area contributed by atoms with Crippen LogP contribution in [0.5, 0.6) is 0 Å².